The molecule has 0 aliphatic carbocycles. The van der Waals surface area contributed by atoms with E-state index < -0.39 is 6.10 Å². The first kappa shape index (κ1) is 72.5. The minimum absolute atomic E-state index is 0.0870. The molecule has 0 fully saturated rings. The van der Waals surface area contributed by atoms with E-state index in [1.807, 2.05) is 0 Å². The normalized spacial score (nSPS) is 13.0. The summed E-state index contributed by atoms with van der Waals surface area (Å²) in [7, 11) is 0. The van der Waals surface area contributed by atoms with Crippen molar-refractivity contribution in [3.8, 4) is 0 Å². The molecule has 436 valence electrons. The second kappa shape index (κ2) is 64.1. The lowest BCUT2D eigenvalue weighted by molar-refractivity contribution is -0.167. The predicted molar refractivity (Wildman–Crippen MR) is 334 cm³/mol. The molecule has 77 heavy (non-hydrogen) atoms. The van der Waals surface area contributed by atoms with Crippen molar-refractivity contribution in [2.24, 2.45) is 0 Å². The molecule has 1 atom stereocenters. The van der Waals surface area contributed by atoms with Crippen molar-refractivity contribution in [2.45, 2.75) is 284 Å². The minimum Gasteiger partial charge on any atom is -0.462 e. The number of allylic oxidation sites excluding steroid dienone is 22. The number of carbonyl (C=O) groups excluding carboxylic acids is 3. The van der Waals surface area contributed by atoms with Gasteiger partial charge in [0.15, 0.2) is 6.10 Å². The van der Waals surface area contributed by atoms with Crippen LogP contribution in [0.15, 0.2) is 134 Å². The molecule has 0 N–H and O–H groups in total. The third-order valence-corrected chi connectivity index (χ3v) is 13.2. The number of esters is 3. The van der Waals surface area contributed by atoms with Crippen molar-refractivity contribution in [3.63, 3.8) is 0 Å². The number of ether oxygens (including phenoxy) is 3. The molecule has 0 amide bonds. The van der Waals surface area contributed by atoms with Crippen LogP contribution in [0.3, 0.4) is 0 Å². The number of hydrogen-bond donors (Lipinski definition) is 0. The molecule has 6 heteroatoms. The van der Waals surface area contributed by atoms with Crippen LogP contribution in [0, 0.1) is 0 Å². The highest BCUT2D eigenvalue weighted by atomic mass is 16.6. The Labute approximate surface area is 475 Å². The van der Waals surface area contributed by atoms with Crippen LogP contribution in [-0.2, 0) is 28.6 Å². The zero-order valence-corrected chi connectivity index (χ0v) is 49.9. The van der Waals surface area contributed by atoms with Crippen LogP contribution < -0.4 is 0 Å². The summed E-state index contributed by atoms with van der Waals surface area (Å²) in [4.78, 5) is 38.2. The molecule has 0 aliphatic rings. The molecule has 0 aliphatic heterocycles. The standard InChI is InChI=1S/C71H116O6/c1-4-7-10-13-16-19-21-23-25-27-29-30-31-32-33-34-35-36-37-38-39-40-42-43-45-47-49-52-55-58-61-64-70(73)76-67-68(66-75-69(72)63-60-57-54-51-18-15-12-9-6-3)77-71(74)65-62-59-56-53-50-48-46-44-41-28-26-24-22-20-17-14-11-8-5-2/h7-8,10-11,16-17,19-20,23-26,29-30,32-33,35-36,38-39,41,44,68H,4-6,9,12-15,18,21-22,27-28,31,34,37,40,42-43,45-67H2,1-3H3/b10-7-,11-8-,19-16-,20-17-,25-23-,26-24-,30-29-,33-32-,36-35-,39-38-,44-41-. The van der Waals surface area contributed by atoms with Gasteiger partial charge in [-0.05, 0) is 116 Å². The minimum atomic E-state index is -0.791. The summed E-state index contributed by atoms with van der Waals surface area (Å²) >= 11 is 0. The van der Waals surface area contributed by atoms with Gasteiger partial charge in [-0.3, -0.25) is 14.4 Å². The second-order valence-electron chi connectivity index (χ2n) is 20.6. The average molecular weight is 1070 g/mol. The van der Waals surface area contributed by atoms with Gasteiger partial charge in [0.2, 0.25) is 0 Å². The maximum Gasteiger partial charge on any atom is 0.306 e. The Morgan fingerprint density at radius 2 is 0.506 bits per heavy atom. The fourth-order valence-electron chi connectivity index (χ4n) is 8.47. The SMILES string of the molecule is CC/C=C\C/C=C\C/C=C\C/C=C\C/C=C\C/C=C\C/C=C\CCCCCCCCCCCC(=O)OCC(COC(=O)CCCCCCCCCCC)OC(=O)CCCCCCCC/C=C\C/C=C\C/C=C\C/C=C\CC. The Bertz CT molecular complexity index is 1650. The Kier molecular flexibility index (Phi) is 60.4. The summed E-state index contributed by atoms with van der Waals surface area (Å²) in [6, 6.07) is 0. The van der Waals surface area contributed by atoms with Gasteiger partial charge in [0.25, 0.3) is 0 Å². The van der Waals surface area contributed by atoms with E-state index in [-0.39, 0.29) is 31.1 Å². The van der Waals surface area contributed by atoms with Crippen molar-refractivity contribution in [1.29, 1.82) is 0 Å². The van der Waals surface area contributed by atoms with E-state index in [4.69, 9.17) is 14.2 Å². The molecule has 0 aromatic carbocycles. The molecule has 0 saturated heterocycles. The van der Waals surface area contributed by atoms with Gasteiger partial charge in [-0.25, -0.2) is 0 Å². The van der Waals surface area contributed by atoms with Crippen LogP contribution in [0.4, 0.5) is 0 Å². The molecule has 0 radical (unpaired) electrons. The molecule has 0 saturated carbocycles. The monoisotopic (exact) mass is 1060 g/mol. The van der Waals surface area contributed by atoms with E-state index in [2.05, 4.69) is 154 Å². The van der Waals surface area contributed by atoms with Crippen LogP contribution >= 0.6 is 0 Å². The summed E-state index contributed by atoms with van der Waals surface area (Å²) in [6.45, 7) is 6.38. The molecular formula is C71H116O6. The van der Waals surface area contributed by atoms with Gasteiger partial charge in [0.1, 0.15) is 13.2 Å². The van der Waals surface area contributed by atoms with Gasteiger partial charge in [-0.1, -0.05) is 276 Å². The first-order valence-electron chi connectivity index (χ1n) is 31.7. The maximum absolute atomic E-state index is 12.9. The van der Waals surface area contributed by atoms with Crippen LogP contribution in [0.25, 0.3) is 0 Å². The van der Waals surface area contributed by atoms with Gasteiger partial charge >= 0.3 is 17.9 Å². The van der Waals surface area contributed by atoms with E-state index in [9.17, 15) is 14.4 Å². The first-order valence-corrected chi connectivity index (χ1v) is 31.7. The van der Waals surface area contributed by atoms with Crippen LogP contribution in [0.2, 0.25) is 0 Å². The van der Waals surface area contributed by atoms with E-state index in [1.54, 1.807) is 0 Å². The van der Waals surface area contributed by atoms with Crippen molar-refractivity contribution in [3.05, 3.63) is 134 Å². The van der Waals surface area contributed by atoms with Gasteiger partial charge in [-0.15, -0.1) is 0 Å². The van der Waals surface area contributed by atoms with E-state index in [0.717, 1.165) is 148 Å². The van der Waals surface area contributed by atoms with E-state index >= 15 is 0 Å². The summed E-state index contributed by atoms with van der Waals surface area (Å²) in [5, 5.41) is 0. The summed E-state index contributed by atoms with van der Waals surface area (Å²) in [5.41, 5.74) is 0. The zero-order chi connectivity index (χ0) is 55.7. The highest BCUT2D eigenvalue weighted by molar-refractivity contribution is 5.71. The van der Waals surface area contributed by atoms with Gasteiger partial charge < -0.3 is 14.2 Å². The topological polar surface area (TPSA) is 78.9 Å². The molecule has 1 unspecified atom stereocenters. The lowest BCUT2D eigenvalue weighted by Crippen LogP contribution is -2.30. The van der Waals surface area contributed by atoms with Gasteiger partial charge in [-0.2, -0.15) is 0 Å². The van der Waals surface area contributed by atoms with Crippen molar-refractivity contribution < 1.29 is 28.6 Å². The van der Waals surface area contributed by atoms with Crippen LogP contribution in [0.5, 0.6) is 0 Å². The number of hydrogen-bond acceptors (Lipinski definition) is 6. The van der Waals surface area contributed by atoms with E-state index in [0.29, 0.717) is 19.3 Å². The Morgan fingerprint density at radius 1 is 0.273 bits per heavy atom. The predicted octanol–water partition coefficient (Wildman–Crippen LogP) is 21.8. The highest BCUT2D eigenvalue weighted by Crippen LogP contribution is 2.15. The number of unbranched alkanes of at least 4 members (excludes halogenated alkanes) is 23. The zero-order valence-electron chi connectivity index (χ0n) is 49.9. The number of carbonyl (C=O) groups is 3. The first-order chi connectivity index (χ1) is 38.0. The lowest BCUT2D eigenvalue weighted by atomic mass is 10.1. The summed E-state index contributed by atoms with van der Waals surface area (Å²) in [6.07, 6.45) is 90.3. The van der Waals surface area contributed by atoms with Crippen LogP contribution in [-0.4, -0.2) is 37.2 Å². The van der Waals surface area contributed by atoms with Crippen molar-refractivity contribution in [2.75, 3.05) is 13.2 Å². The summed E-state index contributed by atoms with van der Waals surface area (Å²) in [5.74, 6) is -0.909. The van der Waals surface area contributed by atoms with Gasteiger partial charge in [0, 0.05) is 19.3 Å². The van der Waals surface area contributed by atoms with Gasteiger partial charge in [0.05, 0.1) is 0 Å². The quantitative estimate of drug-likeness (QED) is 0.0261. The average Bonchev–Trinajstić information content (AvgIpc) is 3.43. The smallest absolute Gasteiger partial charge is 0.306 e. The molecule has 0 aromatic rings. The Balaban J connectivity index is 4.24. The molecule has 0 bridgehead atoms. The summed E-state index contributed by atoms with van der Waals surface area (Å²) < 4.78 is 16.9. The third kappa shape index (κ3) is 62.3. The maximum atomic E-state index is 12.9. The van der Waals surface area contributed by atoms with Crippen molar-refractivity contribution >= 4 is 17.9 Å². The van der Waals surface area contributed by atoms with Crippen molar-refractivity contribution in [1.82, 2.24) is 0 Å². The molecular weight excluding hydrogens is 949 g/mol. The lowest BCUT2D eigenvalue weighted by Gasteiger charge is -2.18. The third-order valence-electron chi connectivity index (χ3n) is 13.2. The fraction of sp³-hybridized carbons (Fsp3) is 0.648. The number of rotatable bonds is 56. The molecule has 0 rings (SSSR count). The Hall–Kier alpha value is -4.45. The molecule has 0 spiro atoms. The van der Waals surface area contributed by atoms with E-state index in [1.165, 1.54) is 89.9 Å². The highest BCUT2D eigenvalue weighted by Gasteiger charge is 2.19. The molecule has 6 nitrogen and oxygen atoms in total. The Morgan fingerprint density at radius 3 is 0.792 bits per heavy atom. The van der Waals surface area contributed by atoms with Crippen LogP contribution in [0.1, 0.15) is 278 Å². The molecule has 0 aromatic heterocycles. The largest absolute Gasteiger partial charge is 0.462 e. The fourth-order valence-corrected chi connectivity index (χ4v) is 8.47. The molecule has 0 heterocycles. The second-order valence-corrected chi connectivity index (χ2v) is 20.6.